The van der Waals surface area contributed by atoms with Crippen LogP contribution in [-0.4, -0.2) is 41.4 Å². The SMILES string of the molecule is COc1ccc(C(=O)N2CCCC(CBr)C2)cc1O. The fourth-order valence-corrected chi connectivity index (χ4v) is 2.91. The first-order valence-electron chi connectivity index (χ1n) is 6.38. The Labute approximate surface area is 121 Å². The maximum absolute atomic E-state index is 12.4. The second-order valence-electron chi connectivity index (χ2n) is 4.80. The van der Waals surface area contributed by atoms with Gasteiger partial charge in [0.1, 0.15) is 0 Å². The van der Waals surface area contributed by atoms with E-state index in [0.29, 0.717) is 17.2 Å². The number of amides is 1. The van der Waals surface area contributed by atoms with Gasteiger partial charge in [0.2, 0.25) is 0 Å². The van der Waals surface area contributed by atoms with Crippen molar-refractivity contribution < 1.29 is 14.6 Å². The van der Waals surface area contributed by atoms with Gasteiger partial charge in [0.25, 0.3) is 5.91 Å². The van der Waals surface area contributed by atoms with Gasteiger partial charge in [0.15, 0.2) is 11.5 Å². The summed E-state index contributed by atoms with van der Waals surface area (Å²) in [5, 5.41) is 10.7. The molecule has 1 aromatic rings. The topological polar surface area (TPSA) is 49.8 Å². The molecule has 1 heterocycles. The number of phenolic OH excluding ortho intramolecular Hbond substituents is 1. The molecule has 1 unspecified atom stereocenters. The second-order valence-corrected chi connectivity index (χ2v) is 5.45. The van der Waals surface area contributed by atoms with Crippen molar-refractivity contribution in [3.8, 4) is 11.5 Å². The van der Waals surface area contributed by atoms with E-state index in [1.807, 2.05) is 4.90 Å². The smallest absolute Gasteiger partial charge is 0.254 e. The Morgan fingerprint density at radius 2 is 2.37 bits per heavy atom. The normalized spacial score (nSPS) is 19.3. The fourth-order valence-electron chi connectivity index (χ4n) is 2.38. The number of alkyl halides is 1. The van der Waals surface area contributed by atoms with E-state index in [1.54, 1.807) is 12.1 Å². The molecule has 0 radical (unpaired) electrons. The predicted molar refractivity (Wildman–Crippen MR) is 77.1 cm³/mol. The number of methoxy groups -OCH3 is 1. The number of benzene rings is 1. The molecule has 0 aliphatic carbocycles. The van der Waals surface area contributed by atoms with Gasteiger partial charge >= 0.3 is 0 Å². The number of piperidine rings is 1. The van der Waals surface area contributed by atoms with Gasteiger partial charge in [-0.25, -0.2) is 0 Å². The Hall–Kier alpha value is -1.23. The van der Waals surface area contributed by atoms with E-state index in [1.165, 1.54) is 13.2 Å². The number of carbonyl (C=O) groups is 1. The molecule has 2 rings (SSSR count). The highest BCUT2D eigenvalue weighted by Crippen LogP contribution is 2.27. The third kappa shape index (κ3) is 3.21. The summed E-state index contributed by atoms with van der Waals surface area (Å²) in [5.74, 6) is 0.879. The van der Waals surface area contributed by atoms with Gasteiger partial charge in [-0.1, -0.05) is 15.9 Å². The van der Waals surface area contributed by atoms with Gasteiger partial charge in [-0.2, -0.15) is 0 Å². The quantitative estimate of drug-likeness (QED) is 0.868. The average molecular weight is 328 g/mol. The number of nitrogens with zero attached hydrogens (tertiary/aromatic N) is 1. The van der Waals surface area contributed by atoms with Crippen molar-refractivity contribution in [1.82, 2.24) is 4.90 Å². The van der Waals surface area contributed by atoms with Crippen LogP contribution in [0.15, 0.2) is 18.2 Å². The molecule has 19 heavy (non-hydrogen) atoms. The van der Waals surface area contributed by atoms with Crippen molar-refractivity contribution >= 4 is 21.8 Å². The van der Waals surface area contributed by atoms with E-state index in [0.717, 1.165) is 31.3 Å². The highest BCUT2D eigenvalue weighted by Gasteiger charge is 2.24. The standard InChI is InChI=1S/C14H18BrNO3/c1-19-13-5-4-11(7-12(13)17)14(18)16-6-2-3-10(8-15)9-16/h4-5,7,10,17H,2-3,6,8-9H2,1H3. The number of phenols is 1. The monoisotopic (exact) mass is 327 g/mol. The zero-order valence-electron chi connectivity index (χ0n) is 10.9. The van der Waals surface area contributed by atoms with E-state index >= 15 is 0 Å². The zero-order chi connectivity index (χ0) is 13.8. The van der Waals surface area contributed by atoms with Crippen molar-refractivity contribution in [2.45, 2.75) is 12.8 Å². The third-order valence-corrected chi connectivity index (χ3v) is 4.37. The molecule has 104 valence electrons. The predicted octanol–water partition coefficient (Wildman–Crippen LogP) is 2.65. The molecular weight excluding hydrogens is 310 g/mol. The number of carbonyl (C=O) groups excluding carboxylic acids is 1. The van der Waals surface area contributed by atoms with Crippen LogP contribution in [0, 0.1) is 5.92 Å². The highest BCUT2D eigenvalue weighted by molar-refractivity contribution is 9.09. The van der Waals surface area contributed by atoms with Gasteiger partial charge in [-0.3, -0.25) is 4.79 Å². The minimum atomic E-state index is -0.0244. The van der Waals surface area contributed by atoms with E-state index < -0.39 is 0 Å². The molecule has 0 aromatic heterocycles. The molecule has 1 aliphatic heterocycles. The van der Waals surface area contributed by atoms with Crippen molar-refractivity contribution in [3.63, 3.8) is 0 Å². The lowest BCUT2D eigenvalue weighted by Gasteiger charge is -2.32. The Bertz CT molecular complexity index is 464. The number of aromatic hydroxyl groups is 1. The summed E-state index contributed by atoms with van der Waals surface area (Å²) in [6.45, 7) is 1.56. The molecule has 1 fully saturated rings. The van der Waals surface area contributed by atoms with Gasteiger partial charge in [-0.15, -0.1) is 0 Å². The number of hydrogen-bond donors (Lipinski definition) is 1. The van der Waals surface area contributed by atoms with Gasteiger partial charge in [-0.05, 0) is 37.0 Å². The number of likely N-dealkylation sites (tertiary alicyclic amines) is 1. The summed E-state index contributed by atoms with van der Waals surface area (Å²) in [4.78, 5) is 14.2. The largest absolute Gasteiger partial charge is 0.504 e. The molecule has 1 amide bonds. The summed E-state index contributed by atoms with van der Waals surface area (Å²) in [5.41, 5.74) is 0.508. The van der Waals surface area contributed by atoms with Crippen LogP contribution in [-0.2, 0) is 0 Å². The molecule has 5 heteroatoms. The number of rotatable bonds is 3. The molecule has 0 bridgehead atoms. The van der Waals surface area contributed by atoms with E-state index in [-0.39, 0.29) is 11.7 Å². The minimum absolute atomic E-state index is 0.00222. The molecule has 4 nitrogen and oxygen atoms in total. The maximum Gasteiger partial charge on any atom is 0.254 e. The van der Waals surface area contributed by atoms with Crippen molar-refractivity contribution in [3.05, 3.63) is 23.8 Å². The molecule has 1 aliphatic rings. The summed E-state index contributed by atoms with van der Waals surface area (Å²) < 4.78 is 4.98. The zero-order valence-corrected chi connectivity index (χ0v) is 12.5. The molecule has 1 aromatic carbocycles. The lowest BCUT2D eigenvalue weighted by atomic mass is 9.99. The van der Waals surface area contributed by atoms with Crippen LogP contribution in [0.5, 0.6) is 11.5 Å². The summed E-state index contributed by atoms with van der Waals surface area (Å²) in [6.07, 6.45) is 2.19. The van der Waals surface area contributed by atoms with E-state index in [4.69, 9.17) is 4.74 Å². The van der Waals surface area contributed by atoms with Crippen molar-refractivity contribution in [2.75, 3.05) is 25.5 Å². The van der Waals surface area contributed by atoms with Gasteiger partial charge < -0.3 is 14.7 Å². The Morgan fingerprint density at radius 1 is 1.58 bits per heavy atom. The molecule has 1 N–H and O–H groups in total. The Morgan fingerprint density at radius 3 is 3.00 bits per heavy atom. The lowest BCUT2D eigenvalue weighted by molar-refractivity contribution is 0.0685. The molecular formula is C14H18BrNO3. The molecule has 1 atom stereocenters. The van der Waals surface area contributed by atoms with E-state index in [9.17, 15) is 9.90 Å². The first-order chi connectivity index (χ1) is 9.15. The van der Waals surface area contributed by atoms with Crippen LogP contribution < -0.4 is 4.74 Å². The number of halogens is 1. The lowest BCUT2D eigenvalue weighted by Crippen LogP contribution is -2.40. The van der Waals surface area contributed by atoms with Crippen LogP contribution in [0.2, 0.25) is 0 Å². The Balaban J connectivity index is 2.12. The fraction of sp³-hybridized carbons (Fsp3) is 0.500. The summed E-state index contributed by atoms with van der Waals surface area (Å²) in [7, 11) is 1.49. The number of hydrogen-bond acceptors (Lipinski definition) is 3. The first-order valence-corrected chi connectivity index (χ1v) is 7.50. The molecule has 0 saturated carbocycles. The summed E-state index contributed by atoms with van der Waals surface area (Å²) in [6, 6.07) is 4.78. The van der Waals surface area contributed by atoms with Crippen molar-refractivity contribution in [1.29, 1.82) is 0 Å². The average Bonchev–Trinajstić information content (AvgIpc) is 2.46. The third-order valence-electron chi connectivity index (χ3n) is 3.45. The van der Waals surface area contributed by atoms with Gasteiger partial charge in [0.05, 0.1) is 7.11 Å². The summed E-state index contributed by atoms with van der Waals surface area (Å²) >= 11 is 3.48. The molecule has 1 saturated heterocycles. The van der Waals surface area contributed by atoms with Gasteiger partial charge in [0, 0.05) is 24.0 Å². The minimum Gasteiger partial charge on any atom is -0.504 e. The van der Waals surface area contributed by atoms with E-state index in [2.05, 4.69) is 15.9 Å². The van der Waals surface area contributed by atoms with Crippen LogP contribution in [0.1, 0.15) is 23.2 Å². The number of ether oxygens (including phenoxy) is 1. The van der Waals surface area contributed by atoms with Crippen LogP contribution in [0.3, 0.4) is 0 Å². The van der Waals surface area contributed by atoms with Crippen LogP contribution in [0.25, 0.3) is 0 Å². The highest BCUT2D eigenvalue weighted by atomic mass is 79.9. The Kier molecular flexibility index (Phi) is 4.69. The maximum atomic E-state index is 12.4. The molecule has 0 spiro atoms. The van der Waals surface area contributed by atoms with Crippen LogP contribution in [0.4, 0.5) is 0 Å². The van der Waals surface area contributed by atoms with Crippen molar-refractivity contribution in [2.24, 2.45) is 5.92 Å². The second kappa shape index (κ2) is 6.28. The first kappa shape index (κ1) is 14.2. The van der Waals surface area contributed by atoms with Crippen LogP contribution >= 0.6 is 15.9 Å².